The molecule has 17 heavy (non-hydrogen) atoms. The number of rotatable bonds is 9. The number of nitrogens with zero attached hydrogens (tertiary/aromatic N) is 2. The highest BCUT2D eigenvalue weighted by molar-refractivity contribution is 5.79. The van der Waals surface area contributed by atoms with E-state index in [0.29, 0.717) is 19.6 Å². The van der Waals surface area contributed by atoms with E-state index in [9.17, 15) is 9.59 Å². The molecule has 0 bridgehead atoms. The van der Waals surface area contributed by atoms with Crippen LogP contribution in [0.2, 0.25) is 0 Å². The van der Waals surface area contributed by atoms with E-state index in [4.69, 9.17) is 5.11 Å². The summed E-state index contributed by atoms with van der Waals surface area (Å²) in [6.45, 7) is 5.10. The number of amides is 1. The molecule has 6 nitrogen and oxygen atoms in total. The first-order valence-electron chi connectivity index (χ1n) is 5.42. The molecular formula is C11H21N3O3. The summed E-state index contributed by atoms with van der Waals surface area (Å²) < 4.78 is 0. The third kappa shape index (κ3) is 9.52. The predicted molar refractivity (Wildman–Crippen MR) is 65.8 cm³/mol. The van der Waals surface area contributed by atoms with Crippen LogP contribution >= 0.6 is 0 Å². The highest BCUT2D eigenvalue weighted by atomic mass is 16.4. The van der Waals surface area contributed by atoms with Crippen LogP contribution in [-0.4, -0.2) is 73.6 Å². The van der Waals surface area contributed by atoms with Gasteiger partial charge in [-0.15, -0.1) is 6.58 Å². The van der Waals surface area contributed by atoms with Crippen LogP contribution in [-0.2, 0) is 9.59 Å². The summed E-state index contributed by atoms with van der Waals surface area (Å²) in [6.07, 6.45) is 1.58. The van der Waals surface area contributed by atoms with Gasteiger partial charge in [-0.3, -0.25) is 14.5 Å². The Bertz CT molecular complexity index is 267. The van der Waals surface area contributed by atoms with E-state index < -0.39 is 5.97 Å². The van der Waals surface area contributed by atoms with E-state index in [1.807, 2.05) is 19.0 Å². The molecular weight excluding hydrogens is 222 g/mol. The highest BCUT2D eigenvalue weighted by Crippen LogP contribution is 1.89. The molecule has 6 heteroatoms. The fourth-order valence-electron chi connectivity index (χ4n) is 1.19. The summed E-state index contributed by atoms with van der Waals surface area (Å²) in [5.41, 5.74) is 0. The van der Waals surface area contributed by atoms with Crippen molar-refractivity contribution in [1.82, 2.24) is 15.1 Å². The summed E-state index contributed by atoms with van der Waals surface area (Å²) in [7, 11) is 3.80. The molecule has 0 aromatic heterocycles. The Morgan fingerprint density at radius 3 is 2.41 bits per heavy atom. The minimum atomic E-state index is -0.930. The van der Waals surface area contributed by atoms with Crippen LogP contribution in [0.1, 0.15) is 0 Å². The van der Waals surface area contributed by atoms with E-state index in [-0.39, 0.29) is 19.0 Å². The van der Waals surface area contributed by atoms with Crippen molar-refractivity contribution in [1.29, 1.82) is 0 Å². The van der Waals surface area contributed by atoms with Crippen molar-refractivity contribution in [3.05, 3.63) is 12.7 Å². The van der Waals surface area contributed by atoms with E-state index in [0.717, 1.165) is 0 Å². The van der Waals surface area contributed by atoms with Gasteiger partial charge in [-0.1, -0.05) is 6.08 Å². The monoisotopic (exact) mass is 243 g/mol. The van der Waals surface area contributed by atoms with Crippen molar-refractivity contribution in [2.75, 3.05) is 46.8 Å². The number of likely N-dealkylation sites (N-methyl/N-ethyl adjacent to an activating group) is 1. The second-order valence-electron chi connectivity index (χ2n) is 4.00. The molecule has 1 amide bonds. The van der Waals surface area contributed by atoms with Gasteiger partial charge in [-0.25, -0.2) is 0 Å². The fraction of sp³-hybridized carbons (Fsp3) is 0.636. The van der Waals surface area contributed by atoms with Crippen LogP contribution in [0.4, 0.5) is 0 Å². The van der Waals surface area contributed by atoms with Gasteiger partial charge in [-0.2, -0.15) is 0 Å². The van der Waals surface area contributed by atoms with Gasteiger partial charge in [0, 0.05) is 19.6 Å². The molecule has 0 aromatic rings. The summed E-state index contributed by atoms with van der Waals surface area (Å²) in [5, 5.41) is 11.4. The van der Waals surface area contributed by atoms with E-state index in [1.165, 1.54) is 0 Å². The number of carboxylic acid groups (broad SMARTS) is 1. The number of hydrogen-bond acceptors (Lipinski definition) is 4. The quantitative estimate of drug-likeness (QED) is 0.521. The standard InChI is InChI=1S/C11H21N3O3/c1-4-5-12-10(15)8-14(9-11(16)17)7-6-13(2)3/h4H,1,5-9H2,2-3H3,(H,12,15)(H,16,17). The normalized spacial score (nSPS) is 10.6. The molecule has 0 heterocycles. The van der Waals surface area contributed by atoms with Gasteiger partial charge >= 0.3 is 5.97 Å². The van der Waals surface area contributed by atoms with Crippen LogP contribution in [0.3, 0.4) is 0 Å². The van der Waals surface area contributed by atoms with Gasteiger partial charge in [0.25, 0.3) is 0 Å². The molecule has 98 valence electrons. The lowest BCUT2D eigenvalue weighted by Crippen LogP contribution is -2.42. The minimum Gasteiger partial charge on any atom is -0.480 e. The molecule has 0 unspecified atom stereocenters. The molecule has 0 rings (SSSR count). The maximum atomic E-state index is 11.4. The number of hydrogen-bond donors (Lipinski definition) is 2. The second-order valence-corrected chi connectivity index (χ2v) is 4.00. The van der Waals surface area contributed by atoms with Crippen LogP contribution in [0, 0.1) is 0 Å². The van der Waals surface area contributed by atoms with Crippen LogP contribution in [0.5, 0.6) is 0 Å². The van der Waals surface area contributed by atoms with E-state index >= 15 is 0 Å². The average Bonchev–Trinajstić information content (AvgIpc) is 2.22. The molecule has 0 aliphatic carbocycles. The molecule has 0 saturated heterocycles. The van der Waals surface area contributed by atoms with E-state index in [2.05, 4.69) is 11.9 Å². The Kier molecular flexibility index (Phi) is 8.00. The summed E-state index contributed by atoms with van der Waals surface area (Å²) >= 11 is 0. The molecule has 0 aliphatic heterocycles. The Morgan fingerprint density at radius 2 is 1.94 bits per heavy atom. The van der Waals surface area contributed by atoms with Crippen molar-refractivity contribution >= 4 is 11.9 Å². The summed E-state index contributed by atoms with van der Waals surface area (Å²) in [6, 6.07) is 0. The largest absolute Gasteiger partial charge is 0.480 e. The van der Waals surface area contributed by atoms with Crippen molar-refractivity contribution in [2.45, 2.75) is 0 Å². The molecule has 2 N–H and O–H groups in total. The van der Waals surface area contributed by atoms with Crippen LogP contribution in [0.25, 0.3) is 0 Å². The highest BCUT2D eigenvalue weighted by Gasteiger charge is 2.13. The smallest absolute Gasteiger partial charge is 0.317 e. The minimum absolute atomic E-state index is 0.0913. The average molecular weight is 243 g/mol. The van der Waals surface area contributed by atoms with Gasteiger partial charge < -0.3 is 15.3 Å². The molecule has 0 atom stereocenters. The van der Waals surface area contributed by atoms with Gasteiger partial charge in [0.15, 0.2) is 0 Å². The zero-order valence-electron chi connectivity index (χ0n) is 10.5. The van der Waals surface area contributed by atoms with Crippen molar-refractivity contribution in [2.24, 2.45) is 0 Å². The van der Waals surface area contributed by atoms with Crippen molar-refractivity contribution in [3.8, 4) is 0 Å². The van der Waals surface area contributed by atoms with Gasteiger partial charge in [0.1, 0.15) is 0 Å². The first-order valence-corrected chi connectivity index (χ1v) is 5.42. The maximum Gasteiger partial charge on any atom is 0.317 e. The van der Waals surface area contributed by atoms with Crippen LogP contribution < -0.4 is 5.32 Å². The van der Waals surface area contributed by atoms with Gasteiger partial charge in [0.05, 0.1) is 13.1 Å². The molecule has 0 saturated carbocycles. The van der Waals surface area contributed by atoms with E-state index in [1.54, 1.807) is 11.0 Å². The number of carbonyl (C=O) groups excluding carboxylic acids is 1. The Labute approximate surface area is 102 Å². The molecule has 0 aliphatic rings. The Balaban J connectivity index is 4.12. The lowest BCUT2D eigenvalue weighted by molar-refractivity contribution is -0.138. The number of nitrogens with one attached hydrogen (secondary N) is 1. The lowest BCUT2D eigenvalue weighted by atomic mass is 10.4. The predicted octanol–water partition coefficient (Wildman–Crippen LogP) is -0.763. The zero-order chi connectivity index (χ0) is 13.3. The SMILES string of the molecule is C=CCNC(=O)CN(CCN(C)C)CC(=O)O. The molecule has 0 spiro atoms. The van der Waals surface area contributed by atoms with Crippen molar-refractivity contribution in [3.63, 3.8) is 0 Å². The molecule has 0 radical (unpaired) electrons. The zero-order valence-corrected chi connectivity index (χ0v) is 10.5. The van der Waals surface area contributed by atoms with Gasteiger partial charge in [0.2, 0.25) is 5.91 Å². The van der Waals surface area contributed by atoms with Gasteiger partial charge in [-0.05, 0) is 14.1 Å². The number of carboxylic acids is 1. The topological polar surface area (TPSA) is 72.9 Å². The molecule has 0 fully saturated rings. The second kappa shape index (κ2) is 8.72. The van der Waals surface area contributed by atoms with Crippen LogP contribution in [0.15, 0.2) is 12.7 Å². The third-order valence-corrected chi connectivity index (χ3v) is 2.03. The molecule has 0 aromatic carbocycles. The summed E-state index contributed by atoms with van der Waals surface area (Å²) in [4.78, 5) is 25.6. The number of aliphatic carboxylic acids is 1. The Morgan fingerprint density at radius 1 is 1.29 bits per heavy atom. The van der Waals surface area contributed by atoms with Crippen molar-refractivity contribution < 1.29 is 14.7 Å². The fourth-order valence-corrected chi connectivity index (χ4v) is 1.19. The summed E-state index contributed by atoms with van der Waals surface area (Å²) in [5.74, 6) is -1.12. The lowest BCUT2D eigenvalue weighted by Gasteiger charge is -2.21. The first-order chi connectivity index (χ1) is 7.95. The Hall–Kier alpha value is -1.40. The first kappa shape index (κ1) is 15.6. The maximum absolute atomic E-state index is 11.4. The number of carbonyl (C=O) groups is 2. The third-order valence-electron chi connectivity index (χ3n) is 2.03.